The van der Waals surface area contributed by atoms with Gasteiger partial charge < -0.3 is 15.0 Å². The summed E-state index contributed by atoms with van der Waals surface area (Å²) < 4.78 is 31.5. The maximum Gasteiger partial charge on any atom is 0.352 e. The van der Waals surface area contributed by atoms with Crippen LogP contribution in [0.4, 0.5) is 0 Å². The standard InChI is InChI=1S/C16H22N2O5S/c1-16(2,3)23-15(20)13-11-7-5-9-18(11)14(19)12(24(13,21)22)10-6-4-8-17-10/h17H,4-9H2,1-3H3. The van der Waals surface area contributed by atoms with E-state index in [0.717, 1.165) is 6.42 Å². The van der Waals surface area contributed by atoms with Gasteiger partial charge in [0.2, 0.25) is 9.84 Å². The predicted octanol–water partition coefficient (Wildman–Crippen LogP) is 1.19. The highest BCUT2D eigenvalue weighted by atomic mass is 32.2. The summed E-state index contributed by atoms with van der Waals surface area (Å²) in [6.45, 7) is 6.09. The van der Waals surface area contributed by atoms with Gasteiger partial charge in [0, 0.05) is 24.5 Å². The van der Waals surface area contributed by atoms with Crippen molar-refractivity contribution in [3.05, 3.63) is 21.2 Å². The molecule has 0 saturated carbocycles. The van der Waals surface area contributed by atoms with Crippen molar-refractivity contribution in [2.24, 2.45) is 0 Å². The molecule has 0 radical (unpaired) electrons. The number of carbonyl (C=O) groups excluding carboxylic acids is 2. The molecule has 0 aromatic heterocycles. The molecule has 8 heteroatoms. The normalized spacial score (nSPS) is 26.5. The molecular weight excluding hydrogens is 332 g/mol. The van der Waals surface area contributed by atoms with Crippen LogP contribution < -0.4 is 5.32 Å². The van der Waals surface area contributed by atoms with Gasteiger partial charge >= 0.3 is 5.97 Å². The Bertz CT molecular complexity index is 763. The summed E-state index contributed by atoms with van der Waals surface area (Å²) in [6.07, 6.45) is 2.28. The second-order valence-corrected chi connectivity index (χ2v) is 9.00. The summed E-state index contributed by atoms with van der Waals surface area (Å²) in [4.78, 5) is 26.1. The average molecular weight is 354 g/mol. The minimum absolute atomic E-state index is 0.275. The van der Waals surface area contributed by atoms with Gasteiger partial charge in [0.15, 0.2) is 9.81 Å². The van der Waals surface area contributed by atoms with E-state index < -0.39 is 27.3 Å². The molecule has 2 fully saturated rings. The Kier molecular flexibility index (Phi) is 3.98. The number of sulfone groups is 1. The number of esters is 1. The Hall–Kier alpha value is -1.83. The van der Waals surface area contributed by atoms with Crippen molar-refractivity contribution >= 4 is 21.7 Å². The van der Waals surface area contributed by atoms with Crippen molar-refractivity contribution < 1.29 is 22.7 Å². The van der Waals surface area contributed by atoms with Crippen molar-refractivity contribution in [2.75, 3.05) is 13.1 Å². The molecule has 1 N–H and O–H groups in total. The molecule has 24 heavy (non-hydrogen) atoms. The van der Waals surface area contributed by atoms with Crippen LogP contribution in [-0.2, 0) is 24.2 Å². The lowest BCUT2D eigenvalue weighted by Gasteiger charge is -2.29. The zero-order chi connectivity index (χ0) is 17.7. The Balaban J connectivity index is 2.18. The number of allylic oxidation sites excluding steroid dienone is 2. The fourth-order valence-electron chi connectivity index (χ4n) is 3.26. The molecule has 0 bridgehead atoms. The highest BCUT2D eigenvalue weighted by molar-refractivity contribution is 8.00. The van der Waals surface area contributed by atoms with Crippen molar-refractivity contribution in [1.29, 1.82) is 0 Å². The maximum absolute atomic E-state index is 13.1. The molecule has 2 saturated heterocycles. The lowest BCUT2D eigenvalue weighted by atomic mass is 10.2. The molecule has 7 nitrogen and oxygen atoms in total. The molecule has 1 amide bonds. The molecule has 0 aromatic rings. The third-order valence-electron chi connectivity index (χ3n) is 4.16. The molecule has 0 spiro atoms. The van der Waals surface area contributed by atoms with E-state index >= 15 is 0 Å². The minimum atomic E-state index is -4.19. The summed E-state index contributed by atoms with van der Waals surface area (Å²) >= 11 is 0. The summed E-state index contributed by atoms with van der Waals surface area (Å²) in [7, 11) is -4.19. The minimum Gasteiger partial charge on any atom is -0.456 e. The fourth-order valence-corrected chi connectivity index (χ4v) is 5.09. The Labute approximate surface area is 141 Å². The Morgan fingerprint density at radius 2 is 1.92 bits per heavy atom. The van der Waals surface area contributed by atoms with Gasteiger partial charge in [-0.1, -0.05) is 0 Å². The van der Waals surface area contributed by atoms with Crippen LogP contribution in [0.15, 0.2) is 21.2 Å². The van der Waals surface area contributed by atoms with E-state index in [1.807, 2.05) is 0 Å². The van der Waals surface area contributed by atoms with Gasteiger partial charge in [0.1, 0.15) is 5.60 Å². The highest BCUT2D eigenvalue weighted by Gasteiger charge is 2.49. The number of hydrogen-bond acceptors (Lipinski definition) is 6. The largest absolute Gasteiger partial charge is 0.456 e. The van der Waals surface area contributed by atoms with Crippen molar-refractivity contribution in [1.82, 2.24) is 10.2 Å². The molecule has 0 aliphatic carbocycles. The van der Waals surface area contributed by atoms with Crippen LogP contribution in [0.5, 0.6) is 0 Å². The number of nitrogens with one attached hydrogen (secondary N) is 1. The van der Waals surface area contributed by atoms with Crippen molar-refractivity contribution in [3.63, 3.8) is 0 Å². The van der Waals surface area contributed by atoms with Crippen LogP contribution in [-0.4, -0.2) is 43.9 Å². The molecule has 132 valence electrons. The van der Waals surface area contributed by atoms with E-state index in [0.29, 0.717) is 38.0 Å². The second-order valence-electron chi connectivity index (χ2n) is 7.18. The van der Waals surface area contributed by atoms with E-state index in [2.05, 4.69) is 5.32 Å². The third-order valence-corrected chi connectivity index (χ3v) is 6.06. The van der Waals surface area contributed by atoms with Gasteiger partial charge in [-0.3, -0.25) is 4.79 Å². The van der Waals surface area contributed by atoms with Gasteiger partial charge in [-0.15, -0.1) is 0 Å². The zero-order valence-corrected chi connectivity index (χ0v) is 15.0. The van der Waals surface area contributed by atoms with Crippen LogP contribution in [0.3, 0.4) is 0 Å². The Morgan fingerprint density at radius 1 is 1.21 bits per heavy atom. The number of ether oxygens (including phenoxy) is 1. The molecular formula is C16H22N2O5S. The molecule has 0 atom stereocenters. The lowest BCUT2D eigenvalue weighted by molar-refractivity contribution is -0.149. The molecule has 3 heterocycles. The van der Waals surface area contributed by atoms with Crippen LogP contribution in [0.25, 0.3) is 0 Å². The Morgan fingerprint density at radius 3 is 2.50 bits per heavy atom. The van der Waals surface area contributed by atoms with Crippen LogP contribution in [0, 0.1) is 0 Å². The topological polar surface area (TPSA) is 92.8 Å². The first kappa shape index (κ1) is 17.0. The smallest absolute Gasteiger partial charge is 0.352 e. The van der Waals surface area contributed by atoms with E-state index in [9.17, 15) is 18.0 Å². The number of nitrogens with zero attached hydrogens (tertiary/aromatic N) is 1. The first-order valence-corrected chi connectivity index (χ1v) is 9.62. The van der Waals surface area contributed by atoms with Crippen LogP contribution in [0.2, 0.25) is 0 Å². The number of carbonyl (C=O) groups is 2. The maximum atomic E-state index is 13.1. The van der Waals surface area contributed by atoms with E-state index in [1.165, 1.54) is 4.90 Å². The molecule has 0 aromatic carbocycles. The van der Waals surface area contributed by atoms with E-state index in [4.69, 9.17) is 4.74 Å². The van der Waals surface area contributed by atoms with Gasteiger partial charge in [-0.25, -0.2) is 13.2 Å². The molecule has 3 aliphatic rings. The van der Waals surface area contributed by atoms with Crippen molar-refractivity contribution in [2.45, 2.75) is 52.1 Å². The molecule has 3 aliphatic heterocycles. The summed E-state index contributed by atoms with van der Waals surface area (Å²) in [5.41, 5.74) is -0.132. The molecule has 0 unspecified atom stereocenters. The van der Waals surface area contributed by atoms with Crippen LogP contribution in [0.1, 0.15) is 46.5 Å². The van der Waals surface area contributed by atoms with E-state index in [1.54, 1.807) is 20.8 Å². The number of fused-ring (bicyclic) bond motifs is 1. The van der Waals surface area contributed by atoms with Gasteiger partial charge in [-0.05, 0) is 46.5 Å². The third kappa shape index (κ3) is 2.72. The fraction of sp³-hybridized carbons (Fsp3) is 0.625. The second kappa shape index (κ2) is 5.61. The first-order chi connectivity index (χ1) is 11.1. The SMILES string of the molecule is CC(C)(C)OC(=O)C1=C2CCCN2C(=O)C(=C2CCCN2)S1(=O)=O. The monoisotopic (exact) mass is 354 g/mol. The van der Waals surface area contributed by atoms with Gasteiger partial charge in [-0.2, -0.15) is 0 Å². The van der Waals surface area contributed by atoms with E-state index in [-0.39, 0.29) is 15.5 Å². The van der Waals surface area contributed by atoms with Crippen molar-refractivity contribution in [3.8, 4) is 0 Å². The predicted molar refractivity (Wildman–Crippen MR) is 87.0 cm³/mol. The quantitative estimate of drug-likeness (QED) is 0.562. The first-order valence-electron chi connectivity index (χ1n) is 8.13. The number of hydrogen-bond donors (Lipinski definition) is 1. The number of amides is 1. The van der Waals surface area contributed by atoms with Gasteiger partial charge in [0.05, 0.1) is 0 Å². The van der Waals surface area contributed by atoms with Gasteiger partial charge in [0.25, 0.3) is 5.91 Å². The molecule has 3 rings (SSSR count). The zero-order valence-electron chi connectivity index (χ0n) is 14.1. The van der Waals surface area contributed by atoms with Crippen LogP contribution >= 0.6 is 0 Å². The summed E-state index contributed by atoms with van der Waals surface area (Å²) in [5.74, 6) is -1.41. The summed E-state index contributed by atoms with van der Waals surface area (Å²) in [6, 6.07) is 0. The highest BCUT2D eigenvalue weighted by Crippen LogP contribution is 2.39. The average Bonchev–Trinajstić information content (AvgIpc) is 3.06. The lowest BCUT2D eigenvalue weighted by Crippen LogP contribution is -2.41. The summed E-state index contributed by atoms with van der Waals surface area (Å²) in [5, 5.41) is 2.98. The number of rotatable bonds is 1.